The molecule has 0 spiro atoms. The SMILES string of the molecule is C[C@]12C[C@H](O)[C@@H](O)CC1=C[C@H](O)[C@@H]1[C@@H]2CC[C@@]2(C)[C@H]1CC[C@@]2(O)C#CCl. The molecule has 0 radical (unpaired) electrons. The van der Waals surface area contributed by atoms with Crippen molar-refractivity contribution in [2.45, 2.75) is 76.3 Å². The lowest BCUT2D eigenvalue weighted by Crippen LogP contribution is -2.58. The van der Waals surface area contributed by atoms with E-state index in [0.29, 0.717) is 19.3 Å². The summed E-state index contributed by atoms with van der Waals surface area (Å²) in [6.07, 6.45) is 3.94. The molecule has 0 unspecified atom stereocenters. The van der Waals surface area contributed by atoms with Gasteiger partial charge in [0.15, 0.2) is 0 Å². The zero-order valence-corrected chi connectivity index (χ0v) is 16.2. The summed E-state index contributed by atoms with van der Waals surface area (Å²) in [5.41, 5.74) is -0.604. The number of hydrogen-bond donors (Lipinski definition) is 4. The van der Waals surface area contributed by atoms with Crippen molar-refractivity contribution < 1.29 is 20.4 Å². The molecule has 4 nitrogen and oxygen atoms in total. The summed E-state index contributed by atoms with van der Waals surface area (Å²) in [4.78, 5) is 0. The average Bonchev–Trinajstić information content (AvgIpc) is 2.83. The van der Waals surface area contributed by atoms with E-state index < -0.39 is 23.9 Å². The van der Waals surface area contributed by atoms with Gasteiger partial charge < -0.3 is 20.4 Å². The standard InChI is InChI=1S/C21H29ClO4/c1-19-11-17(25)15(23)9-12(19)10-16(24)18-13(19)3-5-20(2)14(18)4-6-21(20,26)7-8-22/h10,13-18,23-26H,3-6,9,11H2,1-2H3/t13-,14-,15-,16-,17-,18+,19-,20-,21+/m0/s1. The summed E-state index contributed by atoms with van der Waals surface area (Å²) < 4.78 is 0. The van der Waals surface area contributed by atoms with E-state index in [0.717, 1.165) is 24.8 Å². The number of hydrogen-bond acceptors (Lipinski definition) is 4. The van der Waals surface area contributed by atoms with Crippen molar-refractivity contribution in [1.82, 2.24) is 0 Å². The van der Waals surface area contributed by atoms with Crippen LogP contribution in [0.4, 0.5) is 0 Å². The van der Waals surface area contributed by atoms with Crippen LogP contribution in [0.5, 0.6) is 0 Å². The predicted octanol–water partition coefficient (Wildman–Crippen LogP) is 2.18. The molecule has 0 aromatic heterocycles. The maximum Gasteiger partial charge on any atom is 0.132 e. The van der Waals surface area contributed by atoms with Gasteiger partial charge in [0.05, 0.1) is 18.3 Å². The van der Waals surface area contributed by atoms with Crippen LogP contribution in [0.25, 0.3) is 0 Å². The molecule has 0 amide bonds. The molecule has 0 bridgehead atoms. The second kappa shape index (κ2) is 5.96. The van der Waals surface area contributed by atoms with Crippen molar-refractivity contribution in [3.05, 3.63) is 11.6 Å². The van der Waals surface area contributed by atoms with E-state index in [2.05, 4.69) is 25.1 Å². The van der Waals surface area contributed by atoms with Crippen LogP contribution in [0, 0.1) is 39.9 Å². The van der Waals surface area contributed by atoms with Crippen LogP contribution in [0.3, 0.4) is 0 Å². The zero-order chi connectivity index (χ0) is 18.9. The molecule has 0 aromatic carbocycles. The molecule has 4 N–H and O–H groups in total. The fourth-order valence-corrected chi connectivity index (χ4v) is 7.13. The Morgan fingerprint density at radius 2 is 1.77 bits per heavy atom. The number of aliphatic hydroxyl groups excluding tert-OH is 3. The van der Waals surface area contributed by atoms with Crippen LogP contribution < -0.4 is 0 Å². The van der Waals surface area contributed by atoms with Gasteiger partial charge in [-0.2, -0.15) is 0 Å². The minimum atomic E-state index is -1.10. The molecule has 0 aromatic rings. The summed E-state index contributed by atoms with van der Waals surface area (Å²) in [5, 5.41) is 45.0. The first-order chi connectivity index (χ1) is 12.2. The molecule has 4 aliphatic carbocycles. The van der Waals surface area contributed by atoms with Gasteiger partial charge in [0.2, 0.25) is 0 Å². The summed E-state index contributed by atoms with van der Waals surface area (Å²) in [7, 11) is 0. The third-order valence-corrected chi connectivity index (χ3v) is 8.66. The third kappa shape index (κ3) is 2.31. The Labute approximate surface area is 160 Å². The van der Waals surface area contributed by atoms with E-state index in [9.17, 15) is 20.4 Å². The lowest BCUT2D eigenvalue weighted by Gasteiger charge is -2.59. The largest absolute Gasteiger partial charge is 0.390 e. The highest BCUT2D eigenvalue weighted by atomic mass is 35.5. The molecule has 26 heavy (non-hydrogen) atoms. The molecule has 144 valence electrons. The van der Waals surface area contributed by atoms with Crippen LogP contribution in [0.15, 0.2) is 11.6 Å². The highest BCUT2D eigenvalue weighted by molar-refractivity contribution is 6.30. The molecule has 0 aliphatic heterocycles. The quantitative estimate of drug-likeness (QED) is 0.383. The Kier molecular flexibility index (Phi) is 4.31. The molecule has 9 atom stereocenters. The van der Waals surface area contributed by atoms with Gasteiger partial charge in [0.25, 0.3) is 0 Å². The minimum Gasteiger partial charge on any atom is -0.390 e. The fourth-order valence-electron chi connectivity index (χ4n) is 6.98. The summed E-state index contributed by atoms with van der Waals surface area (Å²) in [6, 6.07) is 0. The van der Waals surface area contributed by atoms with Crippen molar-refractivity contribution in [2.75, 3.05) is 0 Å². The molecule has 3 fully saturated rings. The van der Waals surface area contributed by atoms with Crippen molar-refractivity contribution in [3.63, 3.8) is 0 Å². The maximum absolute atomic E-state index is 11.2. The van der Waals surface area contributed by atoms with Gasteiger partial charge in [-0.05, 0) is 73.3 Å². The van der Waals surface area contributed by atoms with Crippen molar-refractivity contribution in [2.24, 2.45) is 28.6 Å². The Bertz CT molecular complexity index is 696. The van der Waals surface area contributed by atoms with Crippen LogP contribution in [0.1, 0.15) is 52.4 Å². The van der Waals surface area contributed by atoms with Crippen molar-refractivity contribution in [1.29, 1.82) is 0 Å². The van der Waals surface area contributed by atoms with E-state index in [4.69, 9.17) is 11.6 Å². The van der Waals surface area contributed by atoms with Gasteiger partial charge >= 0.3 is 0 Å². The van der Waals surface area contributed by atoms with Gasteiger partial charge in [-0.25, -0.2) is 0 Å². The monoisotopic (exact) mass is 380 g/mol. The lowest BCUT2D eigenvalue weighted by atomic mass is 9.46. The first-order valence-corrected chi connectivity index (χ1v) is 10.1. The van der Waals surface area contributed by atoms with Crippen LogP contribution in [0.2, 0.25) is 0 Å². The van der Waals surface area contributed by atoms with E-state index in [1.165, 1.54) is 0 Å². The van der Waals surface area contributed by atoms with Gasteiger partial charge in [-0.1, -0.05) is 31.4 Å². The third-order valence-electron chi connectivity index (χ3n) is 8.56. The number of aliphatic hydroxyl groups is 4. The number of fused-ring (bicyclic) bond motifs is 5. The van der Waals surface area contributed by atoms with Gasteiger partial charge in [-0.15, -0.1) is 0 Å². The number of rotatable bonds is 0. The topological polar surface area (TPSA) is 80.9 Å². The molecule has 4 aliphatic rings. The molecule has 4 rings (SSSR count). The van der Waals surface area contributed by atoms with E-state index in [-0.39, 0.29) is 28.6 Å². The second-order valence-corrected chi connectivity index (χ2v) is 9.70. The summed E-state index contributed by atoms with van der Waals surface area (Å²) >= 11 is 5.64. The Morgan fingerprint density at radius 3 is 2.46 bits per heavy atom. The molecular formula is C21H29ClO4. The van der Waals surface area contributed by atoms with Crippen molar-refractivity contribution in [3.8, 4) is 11.3 Å². The summed E-state index contributed by atoms with van der Waals surface area (Å²) in [6.45, 7) is 4.27. The molecule has 0 heterocycles. The summed E-state index contributed by atoms with van der Waals surface area (Å²) in [5.74, 6) is 3.29. The fraction of sp³-hybridized carbons (Fsp3) is 0.810. The normalized spacial score (nSPS) is 55.7. The van der Waals surface area contributed by atoms with E-state index in [1.54, 1.807) is 0 Å². The number of halogens is 1. The molecular weight excluding hydrogens is 352 g/mol. The van der Waals surface area contributed by atoms with Crippen LogP contribution in [-0.2, 0) is 0 Å². The first-order valence-electron chi connectivity index (χ1n) is 9.77. The lowest BCUT2D eigenvalue weighted by molar-refractivity contribution is -0.134. The van der Waals surface area contributed by atoms with Gasteiger partial charge in [-0.3, -0.25) is 0 Å². The Hall–Kier alpha value is -0.570. The smallest absolute Gasteiger partial charge is 0.132 e. The molecule has 0 saturated heterocycles. The minimum absolute atomic E-state index is 0.0380. The average molecular weight is 381 g/mol. The van der Waals surface area contributed by atoms with Gasteiger partial charge in [0.1, 0.15) is 5.60 Å². The van der Waals surface area contributed by atoms with Crippen LogP contribution >= 0.6 is 11.6 Å². The maximum atomic E-state index is 11.2. The molecule has 5 heteroatoms. The Balaban J connectivity index is 1.74. The van der Waals surface area contributed by atoms with Crippen molar-refractivity contribution >= 4 is 11.6 Å². The Morgan fingerprint density at radius 1 is 1.08 bits per heavy atom. The van der Waals surface area contributed by atoms with Gasteiger partial charge in [0, 0.05) is 10.8 Å². The van der Waals surface area contributed by atoms with E-state index in [1.807, 2.05) is 6.08 Å². The van der Waals surface area contributed by atoms with E-state index >= 15 is 0 Å². The molecule has 3 saturated carbocycles. The second-order valence-electron chi connectivity index (χ2n) is 9.51. The highest BCUT2D eigenvalue weighted by Gasteiger charge is 2.65. The predicted molar refractivity (Wildman–Crippen MR) is 99.1 cm³/mol. The first kappa shape index (κ1) is 18.8. The highest BCUT2D eigenvalue weighted by Crippen LogP contribution is 2.67. The zero-order valence-electron chi connectivity index (χ0n) is 15.5. The van der Waals surface area contributed by atoms with Crippen LogP contribution in [-0.4, -0.2) is 44.3 Å².